The summed E-state index contributed by atoms with van der Waals surface area (Å²) in [5, 5.41) is 0. The Balaban J connectivity index is 1.53. The second-order valence-electron chi connectivity index (χ2n) is 4.13. The van der Waals surface area contributed by atoms with Crippen molar-refractivity contribution in [3.8, 4) is 5.75 Å². The second kappa shape index (κ2) is 4.60. The third-order valence-electron chi connectivity index (χ3n) is 2.87. The molecule has 1 aliphatic heterocycles. The van der Waals surface area contributed by atoms with Crippen LogP contribution in [-0.4, -0.2) is 12.7 Å². The SMILES string of the molecule is c1ccc(OC[C@H]2O[C@@H]2c2ccccc2)cc1. The number of benzene rings is 2. The predicted molar refractivity (Wildman–Crippen MR) is 66.0 cm³/mol. The Hall–Kier alpha value is -1.80. The maximum Gasteiger partial charge on any atom is 0.123 e. The van der Waals surface area contributed by atoms with Crippen LogP contribution in [0.4, 0.5) is 0 Å². The first-order chi connectivity index (χ1) is 8.43. The van der Waals surface area contributed by atoms with Crippen molar-refractivity contribution in [3.63, 3.8) is 0 Å². The molecule has 2 heteroatoms. The number of ether oxygens (including phenoxy) is 2. The molecule has 0 aliphatic carbocycles. The Morgan fingerprint density at radius 2 is 1.53 bits per heavy atom. The molecule has 2 nitrogen and oxygen atoms in total. The minimum absolute atomic E-state index is 0.192. The minimum Gasteiger partial charge on any atom is -0.491 e. The lowest BCUT2D eigenvalue weighted by Crippen LogP contribution is -2.05. The summed E-state index contributed by atoms with van der Waals surface area (Å²) in [6.07, 6.45) is 0.400. The summed E-state index contributed by atoms with van der Waals surface area (Å²) in [5.74, 6) is 0.898. The number of hydrogen-bond acceptors (Lipinski definition) is 2. The summed E-state index contributed by atoms with van der Waals surface area (Å²) in [5.41, 5.74) is 1.23. The molecule has 0 aromatic heterocycles. The van der Waals surface area contributed by atoms with Gasteiger partial charge in [0.15, 0.2) is 0 Å². The van der Waals surface area contributed by atoms with E-state index in [4.69, 9.17) is 9.47 Å². The molecule has 0 spiro atoms. The van der Waals surface area contributed by atoms with Crippen LogP contribution in [-0.2, 0) is 4.74 Å². The lowest BCUT2D eigenvalue weighted by molar-refractivity contribution is 0.260. The van der Waals surface area contributed by atoms with Gasteiger partial charge in [0.1, 0.15) is 24.6 Å². The molecule has 1 fully saturated rings. The predicted octanol–water partition coefficient (Wildman–Crippen LogP) is 3.21. The lowest BCUT2D eigenvalue weighted by atomic mass is 10.1. The molecule has 0 unspecified atom stereocenters. The third-order valence-corrected chi connectivity index (χ3v) is 2.87. The Bertz CT molecular complexity index is 467. The average Bonchev–Trinajstić information content (AvgIpc) is 3.18. The number of hydrogen-bond donors (Lipinski definition) is 0. The average molecular weight is 226 g/mol. The van der Waals surface area contributed by atoms with Crippen LogP contribution in [0.15, 0.2) is 60.7 Å². The van der Waals surface area contributed by atoms with Gasteiger partial charge in [-0.05, 0) is 17.7 Å². The molecule has 86 valence electrons. The van der Waals surface area contributed by atoms with Crippen LogP contribution in [0.1, 0.15) is 11.7 Å². The Morgan fingerprint density at radius 1 is 0.882 bits per heavy atom. The van der Waals surface area contributed by atoms with Crippen molar-refractivity contribution < 1.29 is 9.47 Å². The molecular weight excluding hydrogens is 212 g/mol. The van der Waals surface area contributed by atoms with Crippen LogP contribution in [0.5, 0.6) is 5.75 Å². The van der Waals surface area contributed by atoms with E-state index in [1.807, 2.05) is 48.5 Å². The number of rotatable bonds is 4. The molecule has 0 amide bonds. The van der Waals surface area contributed by atoms with Gasteiger partial charge in [-0.15, -0.1) is 0 Å². The van der Waals surface area contributed by atoms with Gasteiger partial charge < -0.3 is 9.47 Å². The third kappa shape index (κ3) is 2.48. The molecular formula is C15H14O2. The normalized spacial score (nSPS) is 22.1. The summed E-state index contributed by atoms with van der Waals surface area (Å²) in [6.45, 7) is 0.615. The highest BCUT2D eigenvalue weighted by atomic mass is 16.6. The van der Waals surface area contributed by atoms with Crippen molar-refractivity contribution in [2.24, 2.45) is 0 Å². The van der Waals surface area contributed by atoms with Crippen molar-refractivity contribution in [2.75, 3.05) is 6.61 Å². The van der Waals surface area contributed by atoms with Gasteiger partial charge in [0.05, 0.1) is 0 Å². The summed E-state index contributed by atoms with van der Waals surface area (Å²) in [6, 6.07) is 20.1. The summed E-state index contributed by atoms with van der Waals surface area (Å²) in [4.78, 5) is 0. The van der Waals surface area contributed by atoms with Gasteiger partial charge >= 0.3 is 0 Å². The zero-order valence-electron chi connectivity index (χ0n) is 9.45. The molecule has 1 aliphatic rings. The van der Waals surface area contributed by atoms with E-state index in [9.17, 15) is 0 Å². The largest absolute Gasteiger partial charge is 0.491 e. The molecule has 0 saturated carbocycles. The maximum absolute atomic E-state index is 5.66. The highest BCUT2D eigenvalue weighted by molar-refractivity contribution is 5.24. The van der Waals surface area contributed by atoms with Crippen molar-refractivity contribution in [1.29, 1.82) is 0 Å². The highest BCUT2D eigenvalue weighted by Gasteiger charge is 2.40. The molecule has 2 aromatic rings. The maximum atomic E-state index is 5.66. The van der Waals surface area contributed by atoms with Crippen LogP contribution < -0.4 is 4.74 Å². The molecule has 0 bridgehead atoms. The first kappa shape index (κ1) is 10.4. The van der Waals surface area contributed by atoms with Gasteiger partial charge in [0, 0.05) is 0 Å². The van der Waals surface area contributed by atoms with Crippen LogP contribution in [0, 0.1) is 0 Å². The first-order valence-corrected chi connectivity index (χ1v) is 5.82. The van der Waals surface area contributed by atoms with Crippen molar-refractivity contribution >= 4 is 0 Å². The fourth-order valence-corrected chi connectivity index (χ4v) is 1.90. The van der Waals surface area contributed by atoms with E-state index in [1.54, 1.807) is 0 Å². The minimum atomic E-state index is 0.192. The Morgan fingerprint density at radius 3 is 2.24 bits per heavy atom. The zero-order valence-corrected chi connectivity index (χ0v) is 9.45. The smallest absolute Gasteiger partial charge is 0.123 e. The van der Waals surface area contributed by atoms with Gasteiger partial charge in [-0.2, -0.15) is 0 Å². The van der Waals surface area contributed by atoms with Crippen LogP contribution in [0.3, 0.4) is 0 Å². The van der Waals surface area contributed by atoms with Crippen LogP contribution in [0.2, 0.25) is 0 Å². The first-order valence-electron chi connectivity index (χ1n) is 5.82. The van der Waals surface area contributed by atoms with Gasteiger partial charge in [-0.1, -0.05) is 48.5 Å². The molecule has 1 heterocycles. The Kier molecular flexibility index (Phi) is 2.80. The highest BCUT2D eigenvalue weighted by Crippen LogP contribution is 2.38. The standard InChI is InChI=1S/C15H14O2/c1-3-7-12(8-4-1)15-14(17-15)11-16-13-9-5-2-6-10-13/h1-10,14-15H,11H2/t14-,15-/m1/s1. The van der Waals surface area contributed by atoms with Gasteiger partial charge in [-0.25, -0.2) is 0 Å². The van der Waals surface area contributed by atoms with Crippen molar-refractivity contribution in [1.82, 2.24) is 0 Å². The fraction of sp³-hybridized carbons (Fsp3) is 0.200. The van der Waals surface area contributed by atoms with E-state index in [2.05, 4.69) is 12.1 Å². The Labute approximate surface area is 101 Å². The molecule has 3 rings (SSSR count). The van der Waals surface area contributed by atoms with Crippen molar-refractivity contribution in [3.05, 3.63) is 66.2 Å². The van der Waals surface area contributed by atoms with E-state index >= 15 is 0 Å². The second-order valence-corrected chi connectivity index (χ2v) is 4.13. The van der Waals surface area contributed by atoms with E-state index in [-0.39, 0.29) is 12.2 Å². The quantitative estimate of drug-likeness (QED) is 0.747. The van der Waals surface area contributed by atoms with Crippen LogP contribution in [0.25, 0.3) is 0 Å². The summed E-state index contributed by atoms with van der Waals surface area (Å²) < 4.78 is 11.3. The summed E-state index contributed by atoms with van der Waals surface area (Å²) >= 11 is 0. The molecule has 1 saturated heterocycles. The monoisotopic (exact) mass is 226 g/mol. The topological polar surface area (TPSA) is 21.8 Å². The molecule has 2 aromatic carbocycles. The van der Waals surface area contributed by atoms with E-state index in [0.717, 1.165) is 5.75 Å². The lowest BCUT2D eigenvalue weighted by Gasteiger charge is -2.02. The van der Waals surface area contributed by atoms with E-state index < -0.39 is 0 Å². The van der Waals surface area contributed by atoms with Crippen LogP contribution >= 0.6 is 0 Å². The number of epoxide rings is 1. The zero-order chi connectivity index (χ0) is 11.5. The van der Waals surface area contributed by atoms with Gasteiger partial charge in [0.2, 0.25) is 0 Å². The molecule has 17 heavy (non-hydrogen) atoms. The van der Waals surface area contributed by atoms with E-state index in [1.165, 1.54) is 5.56 Å². The van der Waals surface area contributed by atoms with E-state index in [0.29, 0.717) is 6.61 Å². The fourth-order valence-electron chi connectivity index (χ4n) is 1.90. The summed E-state index contributed by atoms with van der Waals surface area (Å²) in [7, 11) is 0. The molecule has 0 N–H and O–H groups in total. The molecule has 0 radical (unpaired) electrons. The van der Waals surface area contributed by atoms with Gasteiger partial charge in [0.25, 0.3) is 0 Å². The van der Waals surface area contributed by atoms with Gasteiger partial charge in [-0.3, -0.25) is 0 Å². The molecule has 2 atom stereocenters. The number of para-hydroxylation sites is 1. The van der Waals surface area contributed by atoms with Crippen molar-refractivity contribution in [2.45, 2.75) is 12.2 Å².